The molecule has 0 bridgehead atoms. The summed E-state index contributed by atoms with van der Waals surface area (Å²) in [7, 11) is 0. The summed E-state index contributed by atoms with van der Waals surface area (Å²) in [6.45, 7) is 10.3. The van der Waals surface area contributed by atoms with E-state index in [1.54, 1.807) is 0 Å². The summed E-state index contributed by atoms with van der Waals surface area (Å²) in [6.07, 6.45) is 1.22. The normalized spacial score (nSPS) is 24.9. The highest BCUT2D eigenvalue weighted by Gasteiger charge is 2.28. The van der Waals surface area contributed by atoms with Crippen LogP contribution in [0, 0.1) is 9.49 Å². The molecule has 1 heterocycles. The molecule has 106 valence electrons. The number of hydrogen-bond acceptors (Lipinski definition) is 2. The fourth-order valence-corrected chi connectivity index (χ4v) is 3.11. The third-order valence-corrected chi connectivity index (χ3v) is 4.86. The van der Waals surface area contributed by atoms with Crippen LogP contribution in [0.1, 0.15) is 32.8 Å². The first-order valence-electron chi connectivity index (χ1n) is 7.32. The molecule has 0 aliphatic carbocycles. The number of halogens is 1. The average Bonchev–Trinajstić information content (AvgIpc) is 2.41. The molecule has 1 aliphatic rings. The van der Waals surface area contributed by atoms with Gasteiger partial charge >= 0.3 is 0 Å². The molecule has 1 aliphatic heterocycles. The highest BCUT2D eigenvalue weighted by atomic mass is 127. The minimum Gasteiger partial charge on any atom is -0.311 e. The summed E-state index contributed by atoms with van der Waals surface area (Å²) < 4.78 is 1.31. The molecule has 19 heavy (non-hydrogen) atoms. The summed E-state index contributed by atoms with van der Waals surface area (Å²) in [4.78, 5) is 2.66. The van der Waals surface area contributed by atoms with Gasteiger partial charge in [0.25, 0.3) is 0 Å². The third kappa shape index (κ3) is 4.17. The van der Waals surface area contributed by atoms with Crippen molar-refractivity contribution in [1.82, 2.24) is 10.2 Å². The van der Waals surface area contributed by atoms with Gasteiger partial charge < -0.3 is 5.32 Å². The molecule has 1 saturated heterocycles. The predicted molar refractivity (Wildman–Crippen MR) is 90.3 cm³/mol. The van der Waals surface area contributed by atoms with E-state index in [1.165, 1.54) is 22.1 Å². The third-order valence-electron chi connectivity index (χ3n) is 4.14. The van der Waals surface area contributed by atoms with Crippen molar-refractivity contribution in [3.05, 3.63) is 33.4 Å². The van der Waals surface area contributed by atoms with E-state index in [9.17, 15) is 0 Å². The van der Waals surface area contributed by atoms with Crippen LogP contribution in [-0.4, -0.2) is 30.1 Å². The van der Waals surface area contributed by atoms with E-state index >= 15 is 0 Å². The Labute approximate surface area is 131 Å². The van der Waals surface area contributed by atoms with Crippen LogP contribution in [0.4, 0.5) is 0 Å². The summed E-state index contributed by atoms with van der Waals surface area (Å²) in [5.41, 5.74) is 1.43. The minimum absolute atomic E-state index is 0.631. The molecule has 0 radical (unpaired) electrons. The van der Waals surface area contributed by atoms with Crippen LogP contribution in [0.3, 0.4) is 0 Å². The molecule has 1 aromatic carbocycles. The maximum Gasteiger partial charge on any atom is 0.0237 e. The Bertz CT molecular complexity index is 388. The summed E-state index contributed by atoms with van der Waals surface area (Å²) in [5, 5.41) is 3.70. The highest BCUT2D eigenvalue weighted by molar-refractivity contribution is 14.1. The van der Waals surface area contributed by atoms with Crippen LogP contribution in [0.5, 0.6) is 0 Å². The molecule has 1 N–H and O–H groups in total. The van der Waals surface area contributed by atoms with Gasteiger partial charge in [0.1, 0.15) is 0 Å². The number of piperazine rings is 1. The van der Waals surface area contributed by atoms with Gasteiger partial charge in [-0.3, -0.25) is 4.90 Å². The van der Waals surface area contributed by atoms with Crippen LogP contribution in [0.25, 0.3) is 0 Å². The van der Waals surface area contributed by atoms with Gasteiger partial charge in [0.15, 0.2) is 0 Å². The molecule has 2 atom stereocenters. The van der Waals surface area contributed by atoms with Gasteiger partial charge in [0.05, 0.1) is 0 Å². The Morgan fingerprint density at radius 1 is 1.32 bits per heavy atom. The van der Waals surface area contributed by atoms with Gasteiger partial charge in [-0.05, 0) is 52.6 Å². The zero-order valence-electron chi connectivity index (χ0n) is 12.2. The van der Waals surface area contributed by atoms with Crippen LogP contribution < -0.4 is 5.32 Å². The van der Waals surface area contributed by atoms with Gasteiger partial charge in [-0.15, -0.1) is 0 Å². The molecule has 0 aromatic heterocycles. The van der Waals surface area contributed by atoms with Crippen molar-refractivity contribution in [2.75, 3.05) is 13.1 Å². The molecule has 0 saturated carbocycles. The zero-order chi connectivity index (χ0) is 13.8. The highest BCUT2D eigenvalue weighted by Crippen LogP contribution is 2.18. The topological polar surface area (TPSA) is 15.3 Å². The van der Waals surface area contributed by atoms with Gasteiger partial charge in [-0.1, -0.05) is 32.9 Å². The molecule has 3 heteroatoms. The molecule has 2 unspecified atom stereocenters. The van der Waals surface area contributed by atoms with E-state index in [-0.39, 0.29) is 0 Å². The van der Waals surface area contributed by atoms with Crippen molar-refractivity contribution < 1.29 is 0 Å². The lowest BCUT2D eigenvalue weighted by molar-refractivity contribution is 0.103. The average molecular weight is 372 g/mol. The fourth-order valence-electron chi connectivity index (χ4n) is 2.75. The molecule has 1 fully saturated rings. The summed E-state index contributed by atoms with van der Waals surface area (Å²) in [6, 6.07) is 10.3. The molecular formula is C16H25IN2. The molecule has 1 aromatic rings. The Kier molecular flexibility index (Phi) is 5.66. The smallest absolute Gasteiger partial charge is 0.0237 e. The van der Waals surface area contributed by atoms with Crippen molar-refractivity contribution in [3.63, 3.8) is 0 Å². The second-order valence-corrected chi connectivity index (χ2v) is 7.12. The Hall–Kier alpha value is -0.130. The molecular weight excluding hydrogens is 347 g/mol. The van der Waals surface area contributed by atoms with E-state index in [0.29, 0.717) is 18.0 Å². The largest absolute Gasteiger partial charge is 0.311 e. The van der Waals surface area contributed by atoms with Gasteiger partial charge in [0, 0.05) is 35.3 Å². The second-order valence-electron chi connectivity index (χ2n) is 5.88. The van der Waals surface area contributed by atoms with Gasteiger partial charge in [-0.25, -0.2) is 0 Å². The van der Waals surface area contributed by atoms with E-state index in [2.05, 4.69) is 77.8 Å². The number of benzene rings is 1. The SMILES string of the molecule is CCC1CNC(C(C)C)CN1Cc1ccc(I)cc1. The van der Waals surface area contributed by atoms with Crippen LogP contribution in [0.15, 0.2) is 24.3 Å². The number of rotatable bonds is 4. The van der Waals surface area contributed by atoms with Gasteiger partial charge in [0.2, 0.25) is 0 Å². The van der Waals surface area contributed by atoms with Crippen molar-refractivity contribution in [2.24, 2.45) is 5.92 Å². The second kappa shape index (κ2) is 7.04. The monoisotopic (exact) mass is 372 g/mol. The molecule has 0 spiro atoms. The maximum absolute atomic E-state index is 3.70. The predicted octanol–water partition coefficient (Wildman–Crippen LogP) is 3.50. The lowest BCUT2D eigenvalue weighted by Gasteiger charge is -2.41. The lowest BCUT2D eigenvalue weighted by Crippen LogP contribution is -2.57. The van der Waals surface area contributed by atoms with E-state index in [4.69, 9.17) is 0 Å². The quantitative estimate of drug-likeness (QED) is 0.814. The number of hydrogen-bond donors (Lipinski definition) is 1. The first kappa shape index (κ1) is 15.3. The van der Waals surface area contributed by atoms with E-state index < -0.39 is 0 Å². The number of nitrogens with one attached hydrogen (secondary N) is 1. The van der Waals surface area contributed by atoms with E-state index in [1.807, 2.05) is 0 Å². The number of nitrogens with zero attached hydrogens (tertiary/aromatic N) is 1. The fraction of sp³-hybridized carbons (Fsp3) is 0.625. The summed E-state index contributed by atoms with van der Waals surface area (Å²) in [5.74, 6) is 0.706. The van der Waals surface area contributed by atoms with Crippen molar-refractivity contribution in [1.29, 1.82) is 0 Å². The van der Waals surface area contributed by atoms with Crippen LogP contribution in [-0.2, 0) is 6.54 Å². The lowest BCUT2D eigenvalue weighted by atomic mass is 9.98. The standard InChI is InChI=1S/C16H25IN2/c1-4-15-9-18-16(12(2)3)11-19(15)10-13-5-7-14(17)8-6-13/h5-8,12,15-16,18H,4,9-11H2,1-3H3. The summed E-state index contributed by atoms with van der Waals surface area (Å²) >= 11 is 2.37. The first-order valence-corrected chi connectivity index (χ1v) is 8.40. The molecule has 0 amide bonds. The maximum atomic E-state index is 3.70. The van der Waals surface area contributed by atoms with Crippen molar-refractivity contribution in [3.8, 4) is 0 Å². The van der Waals surface area contributed by atoms with E-state index in [0.717, 1.165) is 13.1 Å². The molecule has 2 rings (SSSR count). The Morgan fingerprint density at radius 3 is 2.58 bits per heavy atom. The van der Waals surface area contributed by atoms with Crippen molar-refractivity contribution >= 4 is 22.6 Å². The first-order chi connectivity index (χ1) is 9.10. The van der Waals surface area contributed by atoms with Crippen LogP contribution >= 0.6 is 22.6 Å². The zero-order valence-corrected chi connectivity index (χ0v) is 14.4. The molecule has 2 nitrogen and oxygen atoms in total. The van der Waals surface area contributed by atoms with Gasteiger partial charge in [-0.2, -0.15) is 0 Å². The van der Waals surface area contributed by atoms with Crippen LogP contribution in [0.2, 0.25) is 0 Å². The van der Waals surface area contributed by atoms with Crippen molar-refractivity contribution in [2.45, 2.75) is 45.8 Å². The minimum atomic E-state index is 0.631. The Balaban J connectivity index is 2.03. The Morgan fingerprint density at radius 2 is 2.00 bits per heavy atom.